The van der Waals surface area contributed by atoms with Crippen LogP contribution >= 0.6 is 0 Å². The molecule has 338 valence electrons. The number of rotatable bonds is 11. The second kappa shape index (κ2) is 21.3. The molecule has 2 aliphatic heterocycles. The molecule has 4 aromatic carbocycles. The molecule has 4 heterocycles. The van der Waals surface area contributed by atoms with Crippen LogP contribution in [0.4, 0.5) is 22.8 Å². The lowest BCUT2D eigenvalue weighted by Crippen LogP contribution is -2.44. The normalized spacial score (nSPS) is 14.5. The Morgan fingerprint density at radius 2 is 1.17 bits per heavy atom. The Bertz CT molecular complexity index is 2450. The number of amides is 2. The van der Waals surface area contributed by atoms with Crippen LogP contribution in [0.5, 0.6) is 17.2 Å². The number of halogens is 3. The number of aryl methyl sites for hydroxylation is 1. The van der Waals surface area contributed by atoms with Crippen molar-refractivity contribution >= 4 is 18.2 Å². The summed E-state index contributed by atoms with van der Waals surface area (Å²) in [6.07, 6.45) is 4.05. The Balaban J connectivity index is 0.000000198. The number of carboxylic acid groups (broad SMARTS) is 1. The number of aromatic nitrogens is 3. The number of hydrogen-bond acceptors (Lipinski definition) is 9. The van der Waals surface area contributed by atoms with Gasteiger partial charge in [0, 0.05) is 70.2 Å². The highest BCUT2D eigenvalue weighted by Crippen LogP contribution is 2.30. The fourth-order valence-electron chi connectivity index (χ4n) is 7.18. The molecule has 0 unspecified atom stereocenters. The molecule has 0 radical (unpaired) electrons. The van der Waals surface area contributed by atoms with Gasteiger partial charge in [-0.3, -0.25) is 4.98 Å². The van der Waals surface area contributed by atoms with Crippen LogP contribution in [-0.4, -0.2) is 86.4 Å². The first kappa shape index (κ1) is 45.7. The van der Waals surface area contributed by atoms with Crippen LogP contribution < -0.4 is 19.0 Å². The van der Waals surface area contributed by atoms with E-state index in [1.54, 1.807) is 58.6 Å². The Morgan fingerprint density at radius 3 is 1.65 bits per heavy atom. The zero-order valence-electron chi connectivity index (χ0n) is 35.6. The largest absolute Gasteiger partial charge is 0.490 e. The average Bonchev–Trinajstić information content (AvgIpc) is 3.82. The van der Waals surface area contributed by atoms with Gasteiger partial charge in [-0.15, -0.1) is 9.94 Å². The second-order valence-corrected chi connectivity index (χ2v) is 15.7. The van der Waals surface area contributed by atoms with Gasteiger partial charge in [0.05, 0.1) is 23.5 Å². The van der Waals surface area contributed by atoms with Crippen molar-refractivity contribution in [1.82, 2.24) is 24.7 Å². The molecule has 2 amide bonds. The quantitative estimate of drug-likeness (QED) is 0.134. The highest BCUT2D eigenvalue weighted by Gasteiger charge is 2.30. The molecule has 65 heavy (non-hydrogen) atoms. The number of likely N-dealkylation sites (tertiary alicyclic amines) is 2. The summed E-state index contributed by atoms with van der Waals surface area (Å²) >= 11 is 0. The van der Waals surface area contributed by atoms with E-state index >= 15 is 0 Å². The summed E-state index contributed by atoms with van der Waals surface area (Å²) in [5, 5.41) is 13.0. The summed E-state index contributed by atoms with van der Waals surface area (Å²) in [5.41, 5.74) is 4.41. The second-order valence-electron chi connectivity index (χ2n) is 15.7. The molecule has 1 N–H and O–H groups in total. The molecule has 16 heteroatoms. The van der Waals surface area contributed by atoms with Gasteiger partial charge in [0.25, 0.3) is 0 Å². The van der Waals surface area contributed by atoms with Gasteiger partial charge < -0.3 is 34.0 Å². The van der Waals surface area contributed by atoms with Crippen LogP contribution in [-0.2, 0) is 19.0 Å². The van der Waals surface area contributed by atoms with Crippen molar-refractivity contribution in [2.75, 3.05) is 26.2 Å². The molecular formula is C49H48F3N5O8. The number of carbonyl (C=O) groups is 3. The summed E-state index contributed by atoms with van der Waals surface area (Å²) in [6.45, 7) is 4.14. The number of carboxylic acids is 1. The third kappa shape index (κ3) is 13.6. The number of hydrogen-bond donors (Lipinski definition) is 1. The summed E-state index contributed by atoms with van der Waals surface area (Å²) in [6, 6.07) is 31.6. The van der Waals surface area contributed by atoms with Gasteiger partial charge in [-0.25, -0.2) is 14.4 Å². The van der Waals surface area contributed by atoms with Crippen molar-refractivity contribution in [1.29, 1.82) is 0 Å². The van der Waals surface area contributed by atoms with Crippen LogP contribution in [0.2, 0.25) is 0 Å². The molecule has 2 aromatic heterocycles. The Hall–Kier alpha value is -7.36. The molecule has 6 aromatic rings. The molecule has 2 saturated heterocycles. The monoisotopic (exact) mass is 891 g/mol. The smallest absolute Gasteiger partial charge is 0.416 e. The van der Waals surface area contributed by atoms with E-state index in [1.807, 2.05) is 49.5 Å². The maximum Gasteiger partial charge on any atom is 0.416 e. The van der Waals surface area contributed by atoms with E-state index in [2.05, 4.69) is 16.1 Å². The minimum Gasteiger partial charge on any atom is -0.490 e. The third-order valence-corrected chi connectivity index (χ3v) is 10.8. The first-order chi connectivity index (χ1) is 31.3. The van der Waals surface area contributed by atoms with Crippen LogP contribution in [0.25, 0.3) is 0 Å². The lowest BCUT2D eigenvalue weighted by atomic mass is 10.0. The molecule has 0 bridgehead atoms. The molecule has 2 aliphatic rings. The standard InChI is InChI=1S/C27H24F3NO5.C22H24N4O3/c28-27(29,30)21-7-1-18(2-8-21)17-19-3-9-23(10-4-19)36-26(34)31-15-13-24(14-16-31)35-22-11-5-20(6-12-22)25(32)33;1-17-3-6-19(23-16-17)15-18-4-7-20(8-5-18)28-22(27)25-13-9-21(10-14-25)29-26-12-2-11-24-26/h1-12,24H,13-17H2,(H,32,33);2-8,11-12,16,21H,9-10,13-15H2,1H3. The minimum atomic E-state index is -4.36. The van der Waals surface area contributed by atoms with Crippen molar-refractivity contribution in [3.05, 3.63) is 173 Å². The van der Waals surface area contributed by atoms with Crippen molar-refractivity contribution in [3.8, 4) is 17.2 Å². The van der Waals surface area contributed by atoms with Gasteiger partial charge in [-0.1, -0.05) is 42.5 Å². The lowest BCUT2D eigenvalue weighted by molar-refractivity contribution is -0.137. The number of alkyl halides is 3. The maximum atomic E-state index is 12.7. The Labute approximate surface area is 373 Å². The number of benzene rings is 4. The van der Waals surface area contributed by atoms with Crippen LogP contribution in [0.15, 0.2) is 134 Å². The van der Waals surface area contributed by atoms with Crippen molar-refractivity contribution in [2.24, 2.45) is 0 Å². The number of carbonyl (C=O) groups excluding carboxylic acids is 2. The van der Waals surface area contributed by atoms with Gasteiger partial charge >= 0.3 is 24.3 Å². The molecule has 0 spiro atoms. The zero-order valence-corrected chi connectivity index (χ0v) is 35.6. The highest BCUT2D eigenvalue weighted by atomic mass is 19.4. The predicted molar refractivity (Wildman–Crippen MR) is 233 cm³/mol. The summed E-state index contributed by atoms with van der Waals surface area (Å²) in [7, 11) is 0. The Morgan fingerprint density at radius 1 is 0.662 bits per heavy atom. The average molecular weight is 892 g/mol. The molecule has 8 rings (SSSR count). The van der Waals surface area contributed by atoms with E-state index in [-0.39, 0.29) is 23.9 Å². The van der Waals surface area contributed by atoms with E-state index < -0.39 is 23.8 Å². The maximum absolute atomic E-state index is 12.7. The summed E-state index contributed by atoms with van der Waals surface area (Å²) in [4.78, 5) is 50.9. The fraction of sp³-hybridized carbons (Fsp3) is 0.286. The summed E-state index contributed by atoms with van der Waals surface area (Å²) in [5.74, 6) is 0.512. The minimum absolute atomic E-state index is 0.0496. The zero-order chi connectivity index (χ0) is 45.8. The Kier molecular flexibility index (Phi) is 15.0. The number of nitrogens with zero attached hydrogens (tertiary/aromatic N) is 5. The van der Waals surface area contributed by atoms with E-state index in [4.69, 9.17) is 24.2 Å². The fourth-order valence-corrected chi connectivity index (χ4v) is 7.18. The number of aromatic carboxylic acids is 1. The van der Waals surface area contributed by atoms with Crippen LogP contribution in [0.1, 0.15) is 69.6 Å². The number of pyridine rings is 1. The molecule has 13 nitrogen and oxygen atoms in total. The molecule has 0 aliphatic carbocycles. The molecular weight excluding hydrogens is 844 g/mol. The van der Waals surface area contributed by atoms with Crippen molar-refractivity contribution < 1.29 is 51.7 Å². The topological polar surface area (TPSA) is 146 Å². The van der Waals surface area contributed by atoms with Crippen molar-refractivity contribution in [2.45, 2.75) is 63.8 Å². The first-order valence-corrected chi connectivity index (χ1v) is 21.2. The SMILES string of the molecule is Cc1ccc(Cc2ccc(OC(=O)N3CCC(On4cccn4)CC3)cc2)nc1.O=C(O)c1ccc(OC2CCN(C(=O)Oc3ccc(Cc4ccc(C(F)(F)F)cc4)cc3)CC2)cc1. The van der Waals surface area contributed by atoms with Gasteiger partial charge in [-0.05, 0) is 108 Å². The summed E-state index contributed by atoms with van der Waals surface area (Å²) < 4.78 is 55.0. The van der Waals surface area contributed by atoms with E-state index in [9.17, 15) is 27.6 Å². The first-order valence-electron chi connectivity index (χ1n) is 21.2. The van der Waals surface area contributed by atoms with E-state index in [0.717, 1.165) is 59.3 Å². The van der Waals surface area contributed by atoms with Crippen LogP contribution in [0, 0.1) is 6.92 Å². The van der Waals surface area contributed by atoms with Gasteiger partial charge in [-0.2, -0.15) is 13.2 Å². The predicted octanol–water partition coefficient (Wildman–Crippen LogP) is 9.31. The van der Waals surface area contributed by atoms with Gasteiger partial charge in [0.1, 0.15) is 29.5 Å². The molecule has 0 atom stereocenters. The molecule has 2 fully saturated rings. The lowest BCUT2D eigenvalue weighted by Gasteiger charge is -2.31. The van der Waals surface area contributed by atoms with Crippen LogP contribution in [0.3, 0.4) is 0 Å². The van der Waals surface area contributed by atoms with Gasteiger partial charge in [0.2, 0.25) is 0 Å². The third-order valence-electron chi connectivity index (χ3n) is 10.8. The van der Waals surface area contributed by atoms with Gasteiger partial charge in [0.15, 0.2) is 0 Å². The van der Waals surface area contributed by atoms with E-state index in [0.29, 0.717) is 62.7 Å². The van der Waals surface area contributed by atoms with E-state index in [1.165, 1.54) is 29.1 Å². The number of piperidine rings is 2. The molecule has 0 saturated carbocycles. The highest BCUT2D eigenvalue weighted by molar-refractivity contribution is 5.87. The number of ether oxygens (including phenoxy) is 3. The van der Waals surface area contributed by atoms with Crippen molar-refractivity contribution in [3.63, 3.8) is 0 Å².